The van der Waals surface area contributed by atoms with Crippen molar-refractivity contribution in [1.82, 2.24) is 25.1 Å². The third kappa shape index (κ3) is 3.42. The lowest BCUT2D eigenvalue weighted by Gasteiger charge is -2.27. The maximum Gasteiger partial charge on any atom is 0.262 e. The molecule has 0 saturated carbocycles. The van der Waals surface area contributed by atoms with E-state index >= 15 is 0 Å². The summed E-state index contributed by atoms with van der Waals surface area (Å²) in [6.45, 7) is 0.538. The fraction of sp³-hybridized carbons (Fsp3) is 0.368. The standard InChI is InChI=1S/C19H21N5O4/c1-24-18-13(10-20-24)19(26)23-16(22-18)5-6-17(25)21-14-7-8-28-15-4-3-11(27-2)9-12(14)15/h3-4,9-10,14H,5-8H2,1-2H3,(H,21,25)(H,22,23,26)/t14-/m0/s1. The van der Waals surface area contributed by atoms with Crippen LogP contribution in [0.15, 0.2) is 29.2 Å². The highest BCUT2D eigenvalue weighted by Crippen LogP contribution is 2.34. The van der Waals surface area contributed by atoms with E-state index < -0.39 is 0 Å². The first-order chi connectivity index (χ1) is 13.5. The molecule has 2 N–H and O–H groups in total. The molecule has 0 unspecified atom stereocenters. The second-order valence-electron chi connectivity index (χ2n) is 6.68. The number of ether oxygens (including phenoxy) is 2. The zero-order valence-electron chi connectivity index (χ0n) is 15.7. The number of H-pyrrole nitrogens is 1. The molecule has 0 saturated heterocycles. The summed E-state index contributed by atoms with van der Waals surface area (Å²) >= 11 is 0. The van der Waals surface area contributed by atoms with Crippen LogP contribution in [-0.4, -0.2) is 39.4 Å². The van der Waals surface area contributed by atoms with Crippen molar-refractivity contribution in [3.63, 3.8) is 0 Å². The van der Waals surface area contributed by atoms with Crippen LogP contribution in [0.2, 0.25) is 0 Å². The lowest BCUT2D eigenvalue weighted by atomic mass is 10.00. The highest BCUT2D eigenvalue weighted by molar-refractivity contribution is 5.77. The molecule has 1 aromatic carbocycles. The fourth-order valence-corrected chi connectivity index (χ4v) is 3.34. The molecular formula is C19H21N5O4. The van der Waals surface area contributed by atoms with Gasteiger partial charge < -0.3 is 19.8 Å². The minimum Gasteiger partial charge on any atom is -0.497 e. The molecule has 0 spiro atoms. The molecule has 0 aliphatic carbocycles. The topological polar surface area (TPSA) is 111 Å². The van der Waals surface area contributed by atoms with Gasteiger partial charge in [0.2, 0.25) is 5.91 Å². The van der Waals surface area contributed by atoms with Gasteiger partial charge in [-0.3, -0.25) is 14.3 Å². The van der Waals surface area contributed by atoms with Gasteiger partial charge in [0.05, 0.1) is 26.0 Å². The monoisotopic (exact) mass is 383 g/mol. The summed E-state index contributed by atoms with van der Waals surface area (Å²) in [4.78, 5) is 31.7. The van der Waals surface area contributed by atoms with E-state index in [2.05, 4.69) is 20.4 Å². The van der Waals surface area contributed by atoms with Crippen LogP contribution >= 0.6 is 0 Å². The largest absolute Gasteiger partial charge is 0.497 e. The Hall–Kier alpha value is -3.36. The van der Waals surface area contributed by atoms with Crippen molar-refractivity contribution >= 4 is 16.9 Å². The van der Waals surface area contributed by atoms with Gasteiger partial charge in [-0.05, 0) is 18.2 Å². The van der Waals surface area contributed by atoms with E-state index in [1.54, 1.807) is 18.8 Å². The molecule has 0 fully saturated rings. The number of hydrogen-bond donors (Lipinski definition) is 2. The van der Waals surface area contributed by atoms with Crippen molar-refractivity contribution in [2.75, 3.05) is 13.7 Å². The minimum atomic E-state index is -0.251. The van der Waals surface area contributed by atoms with Crippen LogP contribution < -0.4 is 20.3 Å². The van der Waals surface area contributed by atoms with Crippen LogP contribution in [0.4, 0.5) is 0 Å². The lowest BCUT2D eigenvalue weighted by molar-refractivity contribution is -0.122. The Morgan fingerprint density at radius 3 is 3.14 bits per heavy atom. The Labute approximate surface area is 160 Å². The van der Waals surface area contributed by atoms with Crippen molar-refractivity contribution in [2.45, 2.75) is 25.3 Å². The van der Waals surface area contributed by atoms with Gasteiger partial charge >= 0.3 is 0 Å². The number of carbonyl (C=O) groups excluding carboxylic acids is 1. The summed E-state index contributed by atoms with van der Waals surface area (Å²) in [5.41, 5.74) is 1.16. The normalized spacial score (nSPS) is 15.7. The van der Waals surface area contributed by atoms with E-state index in [1.165, 1.54) is 6.20 Å². The molecule has 2 aromatic heterocycles. The van der Waals surface area contributed by atoms with Gasteiger partial charge in [-0.1, -0.05) is 0 Å². The van der Waals surface area contributed by atoms with Gasteiger partial charge in [0, 0.05) is 31.9 Å². The van der Waals surface area contributed by atoms with Crippen molar-refractivity contribution in [1.29, 1.82) is 0 Å². The molecule has 0 radical (unpaired) electrons. The molecular weight excluding hydrogens is 362 g/mol. The summed E-state index contributed by atoms with van der Waals surface area (Å²) in [6.07, 6.45) is 2.70. The number of nitrogens with one attached hydrogen (secondary N) is 2. The molecule has 9 nitrogen and oxygen atoms in total. The Morgan fingerprint density at radius 2 is 2.32 bits per heavy atom. The van der Waals surface area contributed by atoms with Crippen molar-refractivity contribution < 1.29 is 14.3 Å². The Balaban J connectivity index is 1.45. The van der Waals surface area contributed by atoms with Gasteiger partial charge in [0.25, 0.3) is 5.56 Å². The number of benzene rings is 1. The Bertz CT molecular complexity index is 1090. The highest BCUT2D eigenvalue weighted by atomic mass is 16.5. The molecule has 1 amide bonds. The van der Waals surface area contributed by atoms with Gasteiger partial charge in [0.1, 0.15) is 22.7 Å². The molecule has 1 atom stereocenters. The van der Waals surface area contributed by atoms with E-state index in [-0.39, 0.29) is 23.9 Å². The summed E-state index contributed by atoms with van der Waals surface area (Å²) in [6, 6.07) is 5.43. The van der Waals surface area contributed by atoms with Crippen LogP contribution in [0.3, 0.4) is 0 Å². The maximum absolute atomic E-state index is 12.5. The quantitative estimate of drug-likeness (QED) is 0.686. The van der Waals surface area contributed by atoms with Gasteiger partial charge in [-0.15, -0.1) is 0 Å². The first kappa shape index (κ1) is 18.0. The van der Waals surface area contributed by atoms with Crippen molar-refractivity contribution in [3.8, 4) is 11.5 Å². The first-order valence-electron chi connectivity index (χ1n) is 9.06. The van der Waals surface area contributed by atoms with Crippen LogP contribution in [-0.2, 0) is 18.3 Å². The molecule has 28 heavy (non-hydrogen) atoms. The molecule has 1 aliphatic rings. The number of aryl methyl sites for hydroxylation is 2. The predicted molar refractivity (Wildman–Crippen MR) is 101 cm³/mol. The second-order valence-corrected chi connectivity index (χ2v) is 6.68. The number of aromatic amines is 1. The van der Waals surface area contributed by atoms with Gasteiger partial charge in [-0.2, -0.15) is 5.10 Å². The number of rotatable bonds is 5. The molecule has 146 valence electrons. The van der Waals surface area contributed by atoms with E-state index in [0.717, 1.165) is 17.1 Å². The molecule has 9 heteroatoms. The van der Waals surface area contributed by atoms with Crippen LogP contribution in [0.25, 0.3) is 11.0 Å². The summed E-state index contributed by atoms with van der Waals surface area (Å²) in [5.74, 6) is 1.82. The zero-order valence-corrected chi connectivity index (χ0v) is 15.7. The van der Waals surface area contributed by atoms with E-state index in [0.29, 0.717) is 36.3 Å². The summed E-state index contributed by atoms with van der Waals surface area (Å²) in [5, 5.41) is 7.52. The van der Waals surface area contributed by atoms with Crippen LogP contribution in [0.1, 0.15) is 30.3 Å². The third-order valence-corrected chi connectivity index (χ3v) is 4.83. The molecule has 3 aromatic rings. The average molecular weight is 383 g/mol. The summed E-state index contributed by atoms with van der Waals surface area (Å²) in [7, 11) is 3.33. The SMILES string of the molecule is COc1ccc2c(c1)[C@@H](NC(=O)CCc1nc3c(cnn3C)c(=O)[nH]1)CCO2. The molecule has 4 rings (SSSR count). The first-order valence-corrected chi connectivity index (χ1v) is 9.06. The average Bonchev–Trinajstić information content (AvgIpc) is 3.08. The number of amides is 1. The number of nitrogens with zero attached hydrogens (tertiary/aromatic N) is 3. The number of methoxy groups -OCH3 is 1. The minimum absolute atomic E-state index is 0.117. The predicted octanol–water partition coefficient (Wildman–Crippen LogP) is 1.24. The van der Waals surface area contributed by atoms with Crippen molar-refractivity contribution in [2.24, 2.45) is 7.05 Å². The number of hydrogen-bond acceptors (Lipinski definition) is 6. The van der Waals surface area contributed by atoms with Crippen molar-refractivity contribution in [3.05, 3.63) is 46.1 Å². The van der Waals surface area contributed by atoms with Crippen LogP contribution in [0.5, 0.6) is 11.5 Å². The fourth-order valence-electron chi connectivity index (χ4n) is 3.34. The number of carbonyl (C=O) groups is 1. The van der Waals surface area contributed by atoms with E-state index in [9.17, 15) is 9.59 Å². The Kier molecular flexibility index (Phi) is 4.72. The summed E-state index contributed by atoms with van der Waals surface area (Å²) < 4.78 is 12.5. The molecule has 1 aliphatic heterocycles. The Morgan fingerprint density at radius 1 is 1.46 bits per heavy atom. The maximum atomic E-state index is 12.5. The van der Waals surface area contributed by atoms with Gasteiger partial charge in [-0.25, -0.2) is 4.98 Å². The zero-order chi connectivity index (χ0) is 19.7. The smallest absolute Gasteiger partial charge is 0.262 e. The number of aromatic nitrogens is 4. The van der Waals surface area contributed by atoms with E-state index in [4.69, 9.17) is 9.47 Å². The van der Waals surface area contributed by atoms with E-state index in [1.807, 2.05) is 18.2 Å². The molecule has 0 bridgehead atoms. The number of fused-ring (bicyclic) bond motifs is 2. The lowest BCUT2D eigenvalue weighted by Crippen LogP contribution is -2.32. The third-order valence-electron chi connectivity index (χ3n) is 4.83. The van der Waals surface area contributed by atoms with Gasteiger partial charge in [0.15, 0.2) is 5.65 Å². The second kappa shape index (κ2) is 7.34. The van der Waals surface area contributed by atoms with Crippen LogP contribution in [0, 0.1) is 0 Å². The molecule has 3 heterocycles. The highest BCUT2D eigenvalue weighted by Gasteiger charge is 2.23.